The maximum Gasteiger partial charge on any atom is 0.481 e. The number of hydrogen-bond donors (Lipinski definition) is 10. The standard InChI is InChI=1S/C23H38N7O20P3S2/c1-23(2,18(34)21(35)26-4-3-13(31)25-5-6-54-14(32)8-55(43,44)45)9-47-53(41,42)50-52(39,40)46-7-12-17(49-51(36,37)38)16(33)22(48-12)30-11-29-15-19(24)27-10-28-20(15)30/h10-12,16-18,22,33-34H,3-9H2,1-2H3,(H,25,31)(H,26,35)(H,39,40)(H,41,42)(H2,24,27,28)(H2,36,37,38)(H,43,44,45)/t12-,16-,17-,18-,22-/m0/s1. The molecule has 0 radical (unpaired) electrons. The van der Waals surface area contributed by atoms with Crippen molar-refractivity contribution >= 4 is 79.3 Å². The molecular weight excluding hydrogens is 851 g/mol. The van der Waals surface area contributed by atoms with Crippen LogP contribution in [0.1, 0.15) is 26.5 Å². The predicted molar refractivity (Wildman–Crippen MR) is 184 cm³/mol. The number of anilines is 1. The van der Waals surface area contributed by atoms with Gasteiger partial charge in [-0.2, -0.15) is 12.7 Å². The average molecular weight is 890 g/mol. The summed E-state index contributed by atoms with van der Waals surface area (Å²) in [6.07, 6.45) is -7.23. The summed E-state index contributed by atoms with van der Waals surface area (Å²) in [5.41, 5.74) is 4.15. The van der Waals surface area contributed by atoms with Crippen molar-refractivity contribution < 1.29 is 93.5 Å². The molecule has 11 N–H and O–H groups in total. The zero-order chi connectivity index (χ0) is 41.6. The smallest absolute Gasteiger partial charge is 0.386 e. The maximum atomic E-state index is 12.6. The molecule has 27 nitrogen and oxygen atoms in total. The first kappa shape index (κ1) is 46.8. The van der Waals surface area contributed by atoms with Crippen molar-refractivity contribution in [2.24, 2.45) is 5.41 Å². The highest BCUT2D eigenvalue weighted by Gasteiger charge is 2.50. The van der Waals surface area contributed by atoms with E-state index in [2.05, 4.69) is 34.4 Å². The van der Waals surface area contributed by atoms with E-state index in [4.69, 9.17) is 24.1 Å². The quantitative estimate of drug-likeness (QED) is 0.0353. The zero-order valence-corrected chi connectivity index (χ0v) is 32.8. The second-order valence-electron chi connectivity index (χ2n) is 12.0. The Morgan fingerprint density at radius 1 is 1.07 bits per heavy atom. The van der Waals surface area contributed by atoms with Crippen LogP contribution in [0.5, 0.6) is 0 Å². The van der Waals surface area contributed by atoms with Gasteiger partial charge in [0.2, 0.25) is 16.9 Å². The topological polar surface area (TPSA) is 418 Å². The number of carbonyl (C=O) groups is 3. The molecule has 0 aromatic carbocycles. The molecule has 1 aliphatic heterocycles. The van der Waals surface area contributed by atoms with Crippen molar-refractivity contribution in [2.45, 2.75) is 50.9 Å². The number of phosphoric ester groups is 3. The molecule has 2 aromatic heterocycles. The first-order valence-corrected chi connectivity index (χ1v) is 22.3. The molecule has 1 fully saturated rings. The van der Waals surface area contributed by atoms with E-state index >= 15 is 0 Å². The van der Waals surface area contributed by atoms with Gasteiger partial charge in [0, 0.05) is 30.7 Å². The molecule has 3 rings (SSSR count). The van der Waals surface area contributed by atoms with E-state index < -0.39 is 106 Å². The number of nitrogens with two attached hydrogens (primary N) is 1. The third-order valence-corrected chi connectivity index (χ3v) is 11.8. The van der Waals surface area contributed by atoms with Gasteiger partial charge in [0.1, 0.15) is 42.0 Å². The van der Waals surface area contributed by atoms with Gasteiger partial charge in [-0.05, 0) is 0 Å². The number of aromatic nitrogens is 4. The highest BCUT2D eigenvalue weighted by molar-refractivity contribution is 8.14. The number of nitrogens with zero attached hydrogens (tertiary/aromatic N) is 4. The number of amides is 2. The van der Waals surface area contributed by atoms with E-state index in [1.54, 1.807) is 0 Å². The summed E-state index contributed by atoms with van der Waals surface area (Å²) < 4.78 is 91.8. The Morgan fingerprint density at radius 3 is 2.36 bits per heavy atom. The fourth-order valence-corrected chi connectivity index (χ4v) is 8.82. The maximum absolute atomic E-state index is 12.6. The van der Waals surface area contributed by atoms with Crippen molar-refractivity contribution in [1.29, 1.82) is 0 Å². The number of carbonyl (C=O) groups excluding carboxylic acids is 3. The molecule has 0 saturated carbocycles. The minimum atomic E-state index is -5.60. The number of nitrogens with one attached hydrogen (secondary N) is 2. The van der Waals surface area contributed by atoms with E-state index in [0.29, 0.717) is 11.8 Å². The summed E-state index contributed by atoms with van der Waals surface area (Å²) in [4.78, 5) is 86.5. The lowest BCUT2D eigenvalue weighted by molar-refractivity contribution is -0.137. The molecule has 2 unspecified atom stereocenters. The molecule has 0 bridgehead atoms. The number of aliphatic hydroxyl groups is 2. The van der Waals surface area contributed by atoms with Crippen LogP contribution in [0.3, 0.4) is 0 Å². The summed E-state index contributed by atoms with van der Waals surface area (Å²) in [6, 6.07) is 0. The van der Waals surface area contributed by atoms with Crippen LogP contribution >= 0.6 is 35.2 Å². The second-order valence-corrected chi connectivity index (χ2v) is 18.9. The molecule has 1 aliphatic rings. The van der Waals surface area contributed by atoms with Crippen molar-refractivity contribution in [3.63, 3.8) is 0 Å². The molecule has 1 saturated heterocycles. The Labute approximate surface area is 314 Å². The monoisotopic (exact) mass is 889 g/mol. The summed E-state index contributed by atoms with van der Waals surface area (Å²) >= 11 is 0.558. The fourth-order valence-electron chi connectivity index (χ4n) is 4.49. The number of ether oxygens (including phenoxy) is 1. The first-order valence-electron chi connectivity index (χ1n) is 15.2. The summed E-state index contributed by atoms with van der Waals surface area (Å²) in [7, 11) is -21.0. The number of imidazole rings is 1. The van der Waals surface area contributed by atoms with Gasteiger partial charge in [-0.15, -0.1) is 0 Å². The van der Waals surface area contributed by atoms with E-state index in [0.717, 1.165) is 17.2 Å². The molecule has 312 valence electrons. The molecule has 2 amide bonds. The number of hydrogen-bond acceptors (Lipinski definition) is 20. The molecule has 32 heteroatoms. The van der Waals surface area contributed by atoms with Crippen LogP contribution in [0.2, 0.25) is 0 Å². The third kappa shape index (κ3) is 14.7. The van der Waals surface area contributed by atoms with E-state index in [9.17, 15) is 66.3 Å². The second kappa shape index (κ2) is 18.8. The van der Waals surface area contributed by atoms with Crippen molar-refractivity contribution in [1.82, 2.24) is 30.2 Å². The van der Waals surface area contributed by atoms with Gasteiger partial charge < -0.3 is 50.9 Å². The van der Waals surface area contributed by atoms with Crippen LogP contribution in [-0.2, 0) is 60.8 Å². The molecule has 7 atom stereocenters. The van der Waals surface area contributed by atoms with Gasteiger partial charge in [-0.25, -0.2) is 28.6 Å². The van der Waals surface area contributed by atoms with Gasteiger partial charge in [0.05, 0.1) is 19.5 Å². The summed E-state index contributed by atoms with van der Waals surface area (Å²) in [5, 5.41) is 25.1. The molecule has 0 spiro atoms. The van der Waals surface area contributed by atoms with E-state index in [1.807, 2.05) is 0 Å². The number of aliphatic hydroxyl groups excluding tert-OH is 2. The van der Waals surface area contributed by atoms with Crippen molar-refractivity contribution in [3.05, 3.63) is 12.7 Å². The lowest BCUT2D eigenvalue weighted by Gasteiger charge is -2.30. The molecule has 2 aromatic rings. The van der Waals surface area contributed by atoms with Gasteiger partial charge in [-0.3, -0.25) is 37.1 Å². The molecule has 55 heavy (non-hydrogen) atoms. The SMILES string of the molecule is CC(C)(COP(=O)(O)OP(=O)(O)OC[C@@H]1O[C@H](n2cnc3c(N)ncnc32)[C@@H](O)[C@H]1OP(=O)(O)O)[C@@H](O)C(=O)NCCC(=O)NCCSC(=O)CS(=O)(=O)O. The lowest BCUT2D eigenvalue weighted by Crippen LogP contribution is -2.46. The van der Waals surface area contributed by atoms with Crippen LogP contribution in [0.4, 0.5) is 5.82 Å². The number of nitrogen functional groups attached to an aromatic ring is 1. The van der Waals surface area contributed by atoms with Crippen LogP contribution in [-0.4, -0.2) is 141 Å². The zero-order valence-electron chi connectivity index (χ0n) is 28.5. The molecular formula is C23H38N7O20P3S2. The van der Waals surface area contributed by atoms with Crippen LogP contribution < -0.4 is 16.4 Å². The van der Waals surface area contributed by atoms with Gasteiger partial charge in [-0.1, -0.05) is 25.6 Å². The Bertz CT molecular complexity index is 1960. The predicted octanol–water partition coefficient (Wildman–Crippen LogP) is -2.45. The number of thioether (sulfide) groups is 1. The molecule has 3 heterocycles. The normalized spacial score (nSPS) is 22.1. The molecule has 0 aliphatic carbocycles. The van der Waals surface area contributed by atoms with E-state index in [-0.39, 0.29) is 42.2 Å². The van der Waals surface area contributed by atoms with Crippen LogP contribution in [0.15, 0.2) is 12.7 Å². The minimum absolute atomic E-state index is 0.0121. The van der Waals surface area contributed by atoms with E-state index in [1.165, 1.54) is 13.8 Å². The fraction of sp³-hybridized carbons (Fsp3) is 0.652. The summed E-state index contributed by atoms with van der Waals surface area (Å²) in [5.74, 6) is -2.81. The van der Waals surface area contributed by atoms with Gasteiger partial charge in [0.25, 0.3) is 10.1 Å². The van der Waals surface area contributed by atoms with Crippen molar-refractivity contribution in [2.75, 3.05) is 43.5 Å². The van der Waals surface area contributed by atoms with Gasteiger partial charge in [0.15, 0.2) is 17.7 Å². The Kier molecular flexibility index (Phi) is 16.0. The lowest BCUT2D eigenvalue weighted by atomic mass is 9.87. The van der Waals surface area contributed by atoms with Gasteiger partial charge >= 0.3 is 23.5 Å². The third-order valence-electron chi connectivity index (χ3n) is 7.07. The number of phosphoric acid groups is 3. The van der Waals surface area contributed by atoms with Crippen LogP contribution in [0, 0.1) is 5.41 Å². The Balaban J connectivity index is 1.50. The highest BCUT2D eigenvalue weighted by Crippen LogP contribution is 2.61. The first-order chi connectivity index (χ1) is 25.2. The number of fused-ring (bicyclic) bond motifs is 1. The summed E-state index contributed by atoms with van der Waals surface area (Å²) in [6.45, 7) is -0.0577. The largest absolute Gasteiger partial charge is 0.481 e. The average Bonchev–Trinajstić information content (AvgIpc) is 3.60. The Hall–Kier alpha value is -2.53. The van der Waals surface area contributed by atoms with Crippen molar-refractivity contribution in [3.8, 4) is 0 Å². The van der Waals surface area contributed by atoms with Crippen LogP contribution in [0.25, 0.3) is 11.2 Å². The number of rotatable bonds is 21. The minimum Gasteiger partial charge on any atom is -0.386 e. The Morgan fingerprint density at radius 2 is 1.73 bits per heavy atom. The highest BCUT2D eigenvalue weighted by atomic mass is 32.2.